The number of rotatable bonds is 2. The molecule has 0 aromatic heterocycles. The topological polar surface area (TPSA) is 29.1 Å². The van der Waals surface area contributed by atoms with Crippen LogP contribution >= 0.6 is 0 Å². The van der Waals surface area contributed by atoms with Gasteiger partial charge < -0.3 is 5.32 Å². The molecule has 0 saturated heterocycles. The monoisotopic (exact) mass is 243 g/mol. The normalized spacial score (nSPS) is 12.4. The van der Waals surface area contributed by atoms with E-state index in [-0.39, 0.29) is 5.56 Å². The highest BCUT2D eigenvalue weighted by Gasteiger charge is 2.30. The maximum atomic E-state index is 12.4. The van der Waals surface area contributed by atoms with Crippen LogP contribution in [0.25, 0.3) is 0 Å². The lowest BCUT2D eigenvalue weighted by Gasteiger charge is -2.09. The minimum absolute atomic E-state index is 0.0129. The molecule has 0 bridgehead atoms. The molecule has 5 heteroatoms. The van der Waals surface area contributed by atoms with Crippen LogP contribution in [0.15, 0.2) is 36.0 Å². The maximum absolute atomic E-state index is 12.4. The summed E-state index contributed by atoms with van der Waals surface area (Å²) < 4.78 is 37.3. The van der Waals surface area contributed by atoms with Gasteiger partial charge in [-0.05, 0) is 32.0 Å². The van der Waals surface area contributed by atoms with Crippen LogP contribution in [0.4, 0.5) is 13.2 Å². The van der Waals surface area contributed by atoms with Crippen LogP contribution in [-0.2, 0) is 6.18 Å². The second-order valence-corrected chi connectivity index (χ2v) is 3.50. The number of carbonyl (C=O) groups is 1. The summed E-state index contributed by atoms with van der Waals surface area (Å²) in [4.78, 5) is 11.6. The zero-order valence-corrected chi connectivity index (χ0v) is 9.43. The van der Waals surface area contributed by atoms with Crippen molar-refractivity contribution in [1.29, 1.82) is 0 Å². The molecule has 0 fully saturated rings. The molecule has 0 atom stereocenters. The van der Waals surface area contributed by atoms with Gasteiger partial charge in [-0.25, -0.2) is 0 Å². The van der Waals surface area contributed by atoms with E-state index in [0.29, 0.717) is 5.70 Å². The summed E-state index contributed by atoms with van der Waals surface area (Å²) in [5.74, 6) is -0.549. The van der Waals surface area contributed by atoms with Crippen molar-refractivity contribution in [3.8, 4) is 0 Å². The zero-order valence-electron chi connectivity index (χ0n) is 9.43. The third-order valence-corrected chi connectivity index (χ3v) is 2.20. The molecule has 1 aromatic carbocycles. The van der Waals surface area contributed by atoms with Crippen molar-refractivity contribution >= 4 is 5.91 Å². The van der Waals surface area contributed by atoms with Gasteiger partial charge in [0.15, 0.2) is 0 Å². The molecule has 1 N–H and O–H groups in total. The Bertz CT molecular complexity index is 449. The predicted molar refractivity (Wildman–Crippen MR) is 58.3 cm³/mol. The highest BCUT2D eigenvalue weighted by atomic mass is 19.4. The lowest BCUT2D eigenvalue weighted by molar-refractivity contribution is -0.137. The van der Waals surface area contributed by atoms with Crippen molar-refractivity contribution in [3.05, 3.63) is 47.2 Å². The zero-order chi connectivity index (χ0) is 13.1. The largest absolute Gasteiger partial charge is 0.416 e. The van der Waals surface area contributed by atoms with Crippen LogP contribution in [0, 0.1) is 0 Å². The smallest absolute Gasteiger partial charge is 0.326 e. The molecule has 0 unspecified atom stereocenters. The van der Waals surface area contributed by atoms with E-state index in [2.05, 4.69) is 5.32 Å². The molecule has 0 heterocycles. The number of nitrogens with one attached hydrogen (secondary N) is 1. The van der Waals surface area contributed by atoms with E-state index >= 15 is 0 Å². The van der Waals surface area contributed by atoms with Crippen molar-refractivity contribution in [3.63, 3.8) is 0 Å². The molecule has 2 nitrogen and oxygen atoms in total. The quantitative estimate of drug-likeness (QED) is 0.847. The number of halogens is 3. The molecule has 0 saturated carbocycles. The van der Waals surface area contributed by atoms with E-state index in [4.69, 9.17) is 0 Å². The first-order valence-corrected chi connectivity index (χ1v) is 4.96. The first-order valence-electron chi connectivity index (χ1n) is 4.96. The van der Waals surface area contributed by atoms with Crippen molar-refractivity contribution in [2.24, 2.45) is 0 Å². The molecule has 92 valence electrons. The highest BCUT2D eigenvalue weighted by Crippen LogP contribution is 2.29. The minimum Gasteiger partial charge on any atom is -0.326 e. The SMILES string of the molecule is CC=C(C)NC(=O)c1cccc(C(F)(F)F)c1. The number of benzene rings is 1. The molecule has 0 aliphatic rings. The summed E-state index contributed by atoms with van der Waals surface area (Å²) in [7, 11) is 0. The van der Waals surface area contributed by atoms with Crippen LogP contribution in [-0.4, -0.2) is 5.91 Å². The molecule has 1 rings (SSSR count). The lowest BCUT2D eigenvalue weighted by Crippen LogP contribution is -2.21. The van der Waals surface area contributed by atoms with Gasteiger partial charge in [-0.3, -0.25) is 4.79 Å². The predicted octanol–water partition coefficient (Wildman–Crippen LogP) is 3.36. The molecule has 1 aromatic rings. The van der Waals surface area contributed by atoms with Crippen molar-refractivity contribution < 1.29 is 18.0 Å². The van der Waals surface area contributed by atoms with Gasteiger partial charge in [0.25, 0.3) is 5.91 Å². The Hall–Kier alpha value is -1.78. The average Bonchev–Trinajstić information content (AvgIpc) is 2.28. The van der Waals surface area contributed by atoms with E-state index < -0.39 is 17.6 Å². The number of allylic oxidation sites excluding steroid dienone is 2. The Morgan fingerprint density at radius 3 is 2.53 bits per heavy atom. The second kappa shape index (κ2) is 5.03. The van der Waals surface area contributed by atoms with Gasteiger partial charge in [0, 0.05) is 11.3 Å². The Balaban J connectivity index is 2.96. The number of amides is 1. The molecular formula is C12H12F3NO. The van der Waals surface area contributed by atoms with Crippen LogP contribution in [0.2, 0.25) is 0 Å². The van der Waals surface area contributed by atoms with E-state index in [1.807, 2.05) is 0 Å². The van der Waals surface area contributed by atoms with Crippen molar-refractivity contribution in [2.45, 2.75) is 20.0 Å². The number of hydrogen-bond acceptors (Lipinski definition) is 1. The van der Waals surface area contributed by atoms with Crippen LogP contribution < -0.4 is 5.32 Å². The summed E-state index contributed by atoms with van der Waals surface area (Å²) in [5.41, 5.74) is -0.253. The molecular weight excluding hydrogens is 231 g/mol. The standard InChI is InChI=1S/C12H12F3NO/c1-3-8(2)16-11(17)9-5-4-6-10(7-9)12(13,14)15/h3-7H,1-2H3,(H,16,17). The van der Waals surface area contributed by atoms with Crippen LogP contribution in [0.3, 0.4) is 0 Å². The Labute approximate surface area is 97.1 Å². The summed E-state index contributed by atoms with van der Waals surface area (Å²) in [6.07, 6.45) is -2.78. The second-order valence-electron chi connectivity index (χ2n) is 3.50. The lowest BCUT2D eigenvalue weighted by atomic mass is 10.1. The van der Waals surface area contributed by atoms with E-state index in [1.54, 1.807) is 19.9 Å². The van der Waals surface area contributed by atoms with Gasteiger partial charge >= 0.3 is 6.18 Å². The third-order valence-electron chi connectivity index (χ3n) is 2.20. The molecule has 0 spiro atoms. The molecule has 0 aliphatic heterocycles. The molecule has 0 radical (unpaired) electrons. The van der Waals surface area contributed by atoms with E-state index in [9.17, 15) is 18.0 Å². The molecule has 0 aliphatic carbocycles. The minimum atomic E-state index is -4.44. The third kappa shape index (κ3) is 3.62. The van der Waals surface area contributed by atoms with Gasteiger partial charge in [-0.2, -0.15) is 13.2 Å². The average molecular weight is 243 g/mol. The fourth-order valence-electron chi connectivity index (χ4n) is 1.16. The summed E-state index contributed by atoms with van der Waals surface area (Å²) in [6.45, 7) is 3.38. The number of hydrogen-bond donors (Lipinski definition) is 1. The van der Waals surface area contributed by atoms with Gasteiger partial charge in [-0.15, -0.1) is 0 Å². The number of carbonyl (C=O) groups excluding carboxylic acids is 1. The first kappa shape index (κ1) is 13.3. The number of alkyl halides is 3. The van der Waals surface area contributed by atoms with Gasteiger partial charge in [0.2, 0.25) is 0 Å². The maximum Gasteiger partial charge on any atom is 0.416 e. The summed E-state index contributed by atoms with van der Waals surface area (Å²) in [5, 5.41) is 2.48. The van der Waals surface area contributed by atoms with Crippen molar-refractivity contribution in [2.75, 3.05) is 0 Å². The van der Waals surface area contributed by atoms with Gasteiger partial charge in [-0.1, -0.05) is 12.1 Å². The summed E-state index contributed by atoms with van der Waals surface area (Å²) >= 11 is 0. The van der Waals surface area contributed by atoms with E-state index in [1.165, 1.54) is 12.1 Å². The Kier molecular flexibility index (Phi) is 3.93. The molecule has 1 amide bonds. The Morgan fingerprint density at radius 2 is 2.00 bits per heavy atom. The van der Waals surface area contributed by atoms with Gasteiger partial charge in [0.05, 0.1) is 5.56 Å². The fourth-order valence-corrected chi connectivity index (χ4v) is 1.16. The van der Waals surface area contributed by atoms with Crippen LogP contribution in [0.1, 0.15) is 29.8 Å². The first-order chi connectivity index (χ1) is 7.84. The fraction of sp³-hybridized carbons (Fsp3) is 0.250. The summed E-state index contributed by atoms with van der Waals surface area (Å²) in [6, 6.07) is 4.31. The van der Waals surface area contributed by atoms with Crippen molar-refractivity contribution in [1.82, 2.24) is 5.32 Å². The highest BCUT2D eigenvalue weighted by molar-refractivity contribution is 5.95. The van der Waals surface area contributed by atoms with Crippen LogP contribution in [0.5, 0.6) is 0 Å². The Morgan fingerprint density at radius 1 is 1.35 bits per heavy atom. The molecule has 17 heavy (non-hydrogen) atoms. The van der Waals surface area contributed by atoms with Gasteiger partial charge in [0.1, 0.15) is 0 Å². The van der Waals surface area contributed by atoms with E-state index in [0.717, 1.165) is 12.1 Å².